The molecular weight excluding hydrogens is 228 g/mol. The predicted octanol–water partition coefficient (Wildman–Crippen LogP) is 3.31. The topological polar surface area (TPSA) is 55.2 Å². The number of nitro groups is 1. The van der Waals surface area contributed by atoms with Crippen LogP contribution in [0.25, 0.3) is 0 Å². The van der Waals surface area contributed by atoms with E-state index in [1.165, 1.54) is 12.1 Å². The third-order valence-corrected chi connectivity index (χ3v) is 2.57. The highest BCUT2D eigenvalue weighted by atomic mass is 35.5. The van der Waals surface area contributed by atoms with Gasteiger partial charge in [-0.05, 0) is 18.6 Å². The van der Waals surface area contributed by atoms with Gasteiger partial charge in [-0.3, -0.25) is 10.1 Å². The van der Waals surface area contributed by atoms with Crippen molar-refractivity contribution in [3.05, 3.63) is 38.9 Å². The van der Waals surface area contributed by atoms with E-state index in [-0.39, 0.29) is 11.7 Å². The Bertz CT molecular complexity index is 394. The number of non-ortho nitro benzene ring substituents is 1. The smallest absolute Gasteiger partial charge is 0.270 e. The number of rotatable bonds is 4. The molecule has 0 fully saturated rings. The van der Waals surface area contributed by atoms with E-state index in [1.807, 2.05) is 20.8 Å². The standard InChI is InChI=1S/C11H15ClN2O2/c1-7(2)13-8(3)10-5-4-9(14(15)16)6-11(10)12/h4-8,13H,1-3H3. The van der Waals surface area contributed by atoms with Crippen molar-refractivity contribution in [1.82, 2.24) is 5.32 Å². The maximum Gasteiger partial charge on any atom is 0.270 e. The lowest BCUT2D eigenvalue weighted by Crippen LogP contribution is -2.26. The molecule has 0 saturated carbocycles. The minimum atomic E-state index is -0.448. The highest BCUT2D eigenvalue weighted by molar-refractivity contribution is 6.31. The van der Waals surface area contributed by atoms with Crippen molar-refractivity contribution in [2.75, 3.05) is 0 Å². The molecular formula is C11H15ClN2O2. The highest BCUT2D eigenvalue weighted by Gasteiger charge is 2.14. The van der Waals surface area contributed by atoms with Crippen LogP contribution in [-0.2, 0) is 0 Å². The Hall–Kier alpha value is -1.13. The van der Waals surface area contributed by atoms with Gasteiger partial charge in [-0.25, -0.2) is 0 Å². The van der Waals surface area contributed by atoms with Gasteiger partial charge in [0.1, 0.15) is 0 Å². The lowest BCUT2D eigenvalue weighted by Gasteiger charge is -2.18. The third kappa shape index (κ3) is 3.18. The van der Waals surface area contributed by atoms with Crippen LogP contribution >= 0.6 is 11.6 Å². The molecule has 0 aromatic heterocycles. The number of nitrogens with zero attached hydrogens (tertiary/aromatic N) is 1. The summed E-state index contributed by atoms with van der Waals surface area (Å²) in [7, 11) is 0. The van der Waals surface area contributed by atoms with Crippen LogP contribution in [-0.4, -0.2) is 11.0 Å². The largest absolute Gasteiger partial charge is 0.308 e. The first-order valence-corrected chi connectivity index (χ1v) is 5.49. The Labute approximate surface area is 99.8 Å². The molecule has 4 nitrogen and oxygen atoms in total. The normalized spacial score (nSPS) is 12.8. The minimum absolute atomic E-state index is 0.0190. The van der Waals surface area contributed by atoms with Gasteiger partial charge in [0.25, 0.3) is 5.69 Å². The summed E-state index contributed by atoms with van der Waals surface area (Å²) in [5.74, 6) is 0. The SMILES string of the molecule is CC(C)NC(C)c1ccc([N+](=O)[O-])cc1Cl. The van der Waals surface area contributed by atoms with Gasteiger partial charge in [0.15, 0.2) is 0 Å². The Balaban J connectivity index is 2.94. The van der Waals surface area contributed by atoms with Crippen LogP contribution in [0.15, 0.2) is 18.2 Å². The maximum atomic E-state index is 10.5. The molecule has 1 aromatic rings. The van der Waals surface area contributed by atoms with E-state index in [1.54, 1.807) is 6.07 Å². The Kier molecular flexibility index (Phi) is 4.26. The molecule has 0 saturated heterocycles. The van der Waals surface area contributed by atoms with Gasteiger partial charge in [0.05, 0.1) is 9.95 Å². The van der Waals surface area contributed by atoms with E-state index in [0.717, 1.165) is 5.56 Å². The van der Waals surface area contributed by atoms with Gasteiger partial charge in [0.2, 0.25) is 0 Å². The molecule has 1 aromatic carbocycles. The van der Waals surface area contributed by atoms with Gasteiger partial charge in [-0.2, -0.15) is 0 Å². The second kappa shape index (κ2) is 5.27. The number of nitrogens with one attached hydrogen (secondary N) is 1. The zero-order chi connectivity index (χ0) is 12.3. The van der Waals surface area contributed by atoms with Crippen molar-refractivity contribution in [3.8, 4) is 0 Å². The van der Waals surface area contributed by atoms with Crippen LogP contribution in [0.5, 0.6) is 0 Å². The Morgan fingerprint density at radius 2 is 2.00 bits per heavy atom. The maximum absolute atomic E-state index is 10.5. The van der Waals surface area contributed by atoms with Crippen molar-refractivity contribution in [3.63, 3.8) is 0 Å². The number of benzene rings is 1. The first-order valence-electron chi connectivity index (χ1n) is 5.11. The van der Waals surface area contributed by atoms with Gasteiger partial charge in [-0.1, -0.05) is 25.4 Å². The monoisotopic (exact) mass is 242 g/mol. The van der Waals surface area contributed by atoms with Crippen LogP contribution < -0.4 is 5.32 Å². The molecule has 0 amide bonds. The van der Waals surface area contributed by atoms with Crippen LogP contribution in [0.3, 0.4) is 0 Å². The van der Waals surface area contributed by atoms with Crippen molar-refractivity contribution in [2.24, 2.45) is 0 Å². The summed E-state index contributed by atoms with van der Waals surface area (Å²) >= 11 is 6.01. The Morgan fingerprint density at radius 3 is 2.44 bits per heavy atom. The molecule has 16 heavy (non-hydrogen) atoms. The van der Waals surface area contributed by atoms with Crippen molar-refractivity contribution in [1.29, 1.82) is 0 Å². The molecule has 0 bridgehead atoms. The summed E-state index contributed by atoms with van der Waals surface area (Å²) in [4.78, 5) is 10.1. The average Bonchev–Trinajstić information content (AvgIpc) is 2.15. The highest BCUT2D eigenvalue weighted by Crippen LogP contribution is 2.27. The lowest BCUT2D eigenvalue weighted by molar-refractivity contribution is -0.384. The van der Waals surface area contributed by atoms with Crippen LogP contribution in [0.2, 0.25) is 5.02 Å². The van der Waals surface area contributed by atoms with Crippen molar-refractivity contribution in [2.45, 2.75) is 32.9 Å². The van der Waals surface area contributed by atoms with E-state index >= 15 is 0 Å². The first-order chi connectivity index (χ1) is 7.41. The van der Waals surface area contributed by atoms with Gasteiger partial charge >= 0.3 is 0 Å². The Morgan fingerprint density at radius 1 is 1.38 bits per heavy atom. The summed E-state index contributed by atoms with van der Waals surface area (Å²) in [5, 5.41) is 14.3. The second-order valence-electron chi connectivity index (χ2n) is 4.01. The molecule has 0 aliphatic rings. The van der Waals surface area contributed by atoms with Gasteiger partial charge < -0.3 is 5.32 Å². The minimum Gasteiger partial charge on any atom is -0.308 e. The van der Waals surface area contributed by atoms with E-state index in [0.29, 0.717) is 11.1 Å². The summed E-state index contributed by atoms with van der Waals surface area (Å²) in [6.07, 6.45) is 0. The first kappa shape index (κ1) is 12.9. The fourth-order valence-electron chi connectivity index (χ4n) is 1.57. The van der Waals surface area contributed by atoms with Crippen LogP contribution in [0, 0.1) is 10.1 Å². The molecule has 1 rings (SSSR count). The van der Waals surface area contributed by atoms with Crippen molar-refractivity contribution >= 4 is 17.3 Å². The molecule has 0 radical (unpaired) electrons. The average molecular weight is 243 g/mol. The molecule has 0 heterocycles. The van der Waals surface area contributed by atoms with Gasteiger partial charge in [0, 0.05) is 24.2 Å². The molecule has 5 heteroatoms. The molecule has 1 atom stereocenters. The fourth-order valence-corrected chi connectivity index (χ4v) is 1.91. The fraction of sp³-hybridized carbons (Fsp3) is 0.455. The van der Waals surface area contributed by atoms with Gasteiger partial charge in [-0.15, -0.1) is 0 Å². The van der Waals surface area contributed by atoms with Crippen molar-refractivity contribution < 1.29 is 4.92 Å². The molecule has 0 aliphatic carbocycles. The molecule has 88 valence electrons. The number of hydrogen-bond donors (Lipinski definition) is 1. The summed E-state index contributed by atoms with van der Waals surface area (Å²) < 4.78 is 0. The molecule has 1 unspecified atom stereocenters. The third-order valence-electron chi connectivity index (χ3n) is 2.24. The second-order valence-corrected chi connectivity index (χ2v) is 4.41. The predicted molar refractivity (Wildman–Crippen MR) is 64.8 cm³/mol. The molecule has 0 spiro atoms. The quantitative estimate of drug-likeness (QED) is 0.651. The summed E-state index contributed by atoms with van der Waals surface area (Å²) in [6.45, 7) is 6.05. The zero-order valence-electron chi connectivity index (χ0n) is 9.53. The zero-order valence-corrected chi connectivity index (χ0v) is 10.3. The van der Waals surface area contributed by atoms with Crippen LogP contribution in [0.1, 0.15) is 32.4 Å². The van der Waals surface area contributed by atoms with E-state index in [4.69, 9.17) is 11.6 Å². The number of hydrogen-bond acceptors (Lipinski definition) is 3. The van der Waals surface area contributed by atoms with E-state index in [9.17, 15) is 10.1 Å². The summed E-state index contributed by atoms with van der Waals surface area (Å²) in [6, 6.07) is 4.96. The van der Waals surface area contributed by atoms with Crippen LogP contribution in [0.4, 0.5) is 5.69 Å². The molecule has 1 N–H and O–H groups in total. The molecule has 0 aliphatic heterocycles. The summed E-state index contributed by atoms with van der Waals surface area (Å²) in [5.41, 5.74) is 0.895. The van der Waals surface area contributed by atoms with E-state index in [2.05, 4.69) is 5.32 Å². The van der Waals surface area contributed by atoms with E-state index < -0.39 is 4.92 Å². The lowest BCUT2D eigenvalue weighted by atomic mass is 10.1. The number of nitro benzene ring substituents is 1. The number of halogens is 1.